The van der Waals surface area contributed by atoms with Gasteiger partial charge in [0.2, 0.25) is 5.78 Å². The molecule has 160 valence electrons. The van der Waals surface area contributed by atoms with Crippen LogP contribution in [0.3, 0.4) is 0 Å². The molecule has 2 bridgehead atoms. The van der Waals surface area contributed by atoms with Gasteiger partial charge in [-0.1, -0.05) is 20.8 Å². The largest absolute Gasteiger partial charge is 0.497 e. The van der Waals surface area contributed by atoms with Crippen LogP contribution in [0.5, 0.6) is 5.75 Å². The lowest BCUT2D eigenvalue weighted by Crippen LogP contribution is -2.49. The Morgan fingerprint density at radius 1 is 1.23 bits per heavy atom. The first kappa shape index (κ1) is 20.0. The van der Waals surface area contributed by atoms with E-state index in [0.29, 0.717) is 11.3 Å². The molecular weight excluding hydrogens is 396 g/mol. The summed E-state index contributed by atoms with van der Waals surface area (Å²) in [7, 11) is -0.338. The van der Waals surface area contributed by atoms with Gasteiger partial charge in [-0.3, -0.25) is 4.79 Å². The van der Waals surface area contributed by atoms with E-state index in [0.717, 1.165) is 41.5 Å². The molecule has 0 unspecified atom stereocenters. The van der Waals surface area contributed by atoms with E-state index in [9.17, 15) is 4.79 Å². The van der Waals surface area contributed by atoms with Crippen molar-refractivity contribution < 1.29 is 23.1 Å². The van der Waals surface area contributed by atoms with Crippen molar-refractivity contribution in [1.29, 1.82) is 0 Å². The number of ether oxygens (including phenoxy) is 2. The maximum absolute atomic E-state index is 13.2. The Labute approximate surface area is 178 Å². The molecule has 3 heterocycles. The minimum Gasteiger partial charge on any atom is -0.497 e. The molecule has 1 aliphatic carbocycles. The van der Waals surface area contributed by atoms with Crippen LogP contribution in [0.1, 0.15) is 56.2 Å². The van der Waals surface area contributed by atoms with Crippen molar-refractivity contribution in [2.75, 3.05) is 7.11 Å². The summed E-state index contributed by atoms with van der Waals surface area (Å²) in [6, 6.07) is 5.69. The molecule has 1 aromatic carbocycles. The fourth-order valence-electron chi connectivity index (χ4n) is 4.90. The summed E-state index contributed by atoms with van der Waals surface area (Å²) in [5, 5.41) is 1.01. The Balaban J connectivity index is 1.66. The highest BCUT2D eigenvalue weighted by molar-refractivity contribution is 6.74. The zero-order valence-electron chi connectivity index (χ0n) is 18.6. The summed E-state index contributed by atoms with van der Waals surface area (Å²) in [6.07, 6.45) is 4.17. The van der Waals surface area contributed by atoms with Crippen LogP contribution < -0.4 is 4.74 Å². The molecule has 2 aromatic rings. The van der Waals surface area contributed by atoms with Crippen molar-refractivity contribution in [3.05, 3.63) is 41.2 Å². The highest BCUT2D eigenvalue weighted by atomic mass is 28.4. The SMILES string of the molecule is COc1ccc2oc3c(c2c1)[C@@]12CCC[C@H](O[Si](C)(C)C(C)(C)C)C1=C[C@H](O2)C3=O. The molecule has 0 N–H and O–H groups in total. The number of rotatable bonds is 3. The van der Waals surface area contributed by atoms with Gasteiger partial charge in [-0.05, 0) is 67.2 Å². The number of carbonyl (C=O) groups is 1. The second kappa shape index (κ2) is 6.31. The van der Waals surface area contributed by atoms with Gasteiger partial charge < -0.3 is 18.3 Å². The van der Waals surface area contributed by atoms with Crippen LogP contribution in [0.15, 0.2) is 34.3 Å². The molecule has 1 aromatic heterocycles. The Kier molecular flexibility index (Phi) is 4.21. The molecule has 2 aliphatic heterocycles. The molecule has 3 atom stereocenters. The van der Waals surface area contributed by atoms with Crippen molar-refractivity contribution in [1.82, 2.24) is 0 Å². The topological polar surface area (TPSA) is 57.9 Å². The fraction of sp³-hybridized carbons (Fsp3) is 0.542. The number of hydrogen-bond acceptors (Lipinski definition) is 5. The molecular formula is C24H30O5Si. The van der Waals surface area contributed by atoms with Gasteiger partial charge in [0.05, 0.1) is 13.2 Å². The number of ketones is 1. The van der Waals surface area contributed by atoms with E-state index in [1.807, 2.05) is 24.3 Å². The molecule has 0 saturated heterocycles. The smallest absolute Gasteiger partial charge is 0.231 e. The van der Waals surface area contributed by atoms with Crippen molar-refractivity contribution in [3.8, 4) is 5.75 Å². The molecule has 6 heteroatoms. The number of hydrogen-bond donors (Lipinski definition) is 0. The van der Waals surface area contributed by atoms with Crippen LogP contribution >= 0.6 is 0 Å². The van der Waals surface area contributed by atoms with Crippen molar-refractivity contribution >= 4 is 25.1 Å². The first-order valence-electron chi connectivity index (χ1n) is 10.8. The van der Waals surface area contributed by atoms with E-state index in [2.05, 4.69) is 33.9 Å². The minimum absolute atomic E-state index is 0.0288. The van der Waals surface area contributed by atoms with Gasteiger partial charge >= 0.3 is 0 Å². The van der Waals surface area contributed by atoms with Crippen LogP contribution in [-0.2, 0) is 14.8 Å². The lowest BCUT2D eigenvalue weighted by molar-refractivity contribution is -0.0589. The molecule has 5 nitrogen and oxygen atoms in total. The number of benzene rings is 1. The average Bonchev–Trinajstić information content (AvgIpc) is 3.23. The zero-order valence-corrected chi connectivity index (χ0v) is 19.6. The summed E-state index contributed by atoms with van der Waals surface area (Å²) in [4.78, 5) is 13.2. The summed E-state index contributed by atoms with van der Waals surface area (Å²) in [5.41, 5.74) is 2.04. The van der Waals surface area contributed by atoms with Gasteiger partial charge in [0, 0.05) is 10.9 Å². The van der Waals surface area contributed by atoms with E-state index in [4.69, 9.17) is 18.3 Å². The summed E-state index contributed by atoms with van der Waals surface area (Å²) < 4.78 is 24.9. The number of carbonyl (C=O) groups excluding carboxylic acids is 1. The highest BCUT2D eigenvalue weighted by Crippen LogP contribution is 2.57. The van der Waals surface area contributed by atoms with Crippen molar-refractivity contribution in [3.63, 3.8) is 0 Å². The fourth-order valence-corrected chi connectivity index (χ4v) is 6.21. The van der Waals surface area contributed by atoms with Crippen molar-refractivity contribution in [2.45, 2.75) is 76.0 Å². The third kappa shape index (κ3) is 2.63. The van der Waals surface area contributed by atoms with Crippen LogP contribution in [0.4, 0.5) is 0 Å². The molecule has 3 aliphatic rings. The molecule has 0 amide bonds. The highest BCUT2D eigenvalue weighted by Gasteiger charge is 2.58. The maximum Gasteiger partial charge on any atom is 0.231 e. The molecule has 5 rings (SSSR count). The molecule has 1 spiro atoms. The standard InChI is InChI=1S/C24H30O5Si/c1-23(2,3)30(5,6)29-18-8-7-11-24-16(18)13-19(28-24)21(25)22-20(24)15-12-14(26-4)9-10-17(15)27-22/h9-10,12-13,18-19H,7-8,11H2,1-6H3/t18-,19-,24+/m0/s1. The second-order valence-electron chi connectivity index (χ2n) is 10.3. The zero-order chi connectivity index (χ0) is 21.5. The minimum atomic E-state index is -1.99. The van der Waals surface area contributed by atoms with Gasteiger partial charge in [0.25, 0.3) is 0 Å². The number of fused-ring (bicyclic) bond motifs is 4. The van der Waals surface area contributed by atoms with Gasteiger partial charge in [0.1, 0.15) is 23.0 Å². The van der Waals surface area contributed by atoms with Crippen LogP contribution in [0.2, 0.25) is 18.1 Å². The third-order valence-electron chi connectivity index (χ3n) is 7.49. The predicted molar refractivity (Wildman–Crippen MR) is 118 cm³/mol. The van der Waals surface area contributed by atoms with Gasteiger partial charge in [-0.25, -0.2) is 0 Å². The second-order valence-corrected chi connectivity index (χ2v) is 15.0. The lowest BCUT2D eigenvalue weighted by Gasteiger charge is -2.46. The Bertz CT molecular complexity index is 1070. The first-order chi connectivity index (χ1) is 14.1. The number of Topliss-reactive ketones (excluding diaryl/α,β-unsaturated/α-hetero) is 1. The van der Waals surface area contributed by atoms with Crippen molar-refractivity contribution in [2.24, 2.45) is 0 Å². The molecule has 30 heavy (non-hydrogen) atoms. The first-order valence-corrected chi connectivity index (χ1v) is 13.7. The van der Waals surface area contributed by atoms with E-state index >= 15 is 0 Å². The monoisotopic (exact) mass is 426 g/mol. The van der Waals surface area contributed by atoms with E-state index < -0.39 is 20.0 Å². The summed E-state index contributed by atoms with van der Waals surface area (Å²) in [5.74, 6) is 1.08. The normalized spacial score (nSPS) is 28.3. The predicted octanol–water partition coefficient (Wildman–Crippen LogP) is 5.73. The quantitative estimate of drug-likeness (QED) is 0.463. The summed E-state index contributed by atoms with van der Waals surface area (Å²) >= 11 is 0. The lowest BCUT2D eigenvalue weighted by atomic mass is 9.74. The molecule has 1 fully saturated rings. The number of methoxy groups -OCH3 is 1. The van der Waals surface area contributed by atoms with E-state index in [1.165, 1.54) is 0 Å². The Morgan fingerprint density at radius 3 is 2.70 bits per heavy atom. The Morgan fingerprint density at radius 2 is 2.00 bits per heavy atom. The van der Waals surface area contributed by atoms with Gasteiger partial charge in [-0.2, -0.15) is 0 Å². The summed E-state index contributed by atoms with van der Waals surface area (Å²) in [6.45, 7) is 11.3. The van der Waals surface area contributed by atoms with Crippen LogP contribution in [0, 0.1) is 0 Å². The van der Waals surface area contributed by atoms with Gasteiger partial charge in [0.15, 0.2) is 14.1 Å². The maximum atomic E-state index is 13.2. The number of furan rings is 1. The molecule has 0 radical (unpaired) electrons. The Hall–Kier alpha value is -1.89. The van der Waals surface area contributed by atoms with E-state index in [1.54, 1.807) is 7.11 Å². The average molecular weight is 427 g/mol. The van der Waals surface area contributed by atoms with Crippen LogP contribution in [-0.4, -0.2) is 33.4 Å². The van der Waals surface area contributed by atoms with Gasteiger partial charge in [-0.15, -0.1) is 0 Å². The molecule has 1 saturated carbocycles. The van der Waals surface area contributed by atoms with Crippen LogP contribution in [0.25, 0.3) is 11.0 Å². The van der Waals surface area contributed by atoms with E-state index in [-0.39, 0.29) is 16.9 Å². The third-order valence-corrected chi connectivity index (χ3v) is 12.0.